The lowest BCUT2D eigenvalue weighted by Gasteiger charge is -2.06. The van der Waals surface area contributed by atoms with Crippen LogP contribution in [0.3, 0.4) is 0 Å². The Balaban J connectivity index is 0.00000106. The quantitative estimate of drug-likeness (QED) is 0.639. The van der Waals surface area contributed by atoms with Gasteiger partial charge >= 0.3 is 0 Å². The van der Waals surface area contributed by atoms with Crippen LogP contribution in [0.1, 0.15) is 19.4 Å². The first-order valence-corrected chi connectivity index (χ1v) is 7.96. The van der Waals surface area contributed by atoms with Crippen LogP contribution in [-0.4, -0.2) is 13.3 Å². The zero-order chi connectivity index (χ0) is 16.0. The summed E-state index contributed by atoms with van der Waals surface area (Å²) >= 11 is 0. The first-order valence-electron chi connectivity index (χ1n) is 6.48. The molecule has 0 bridgehead atoms. The van der Waals surface area contributed by atoms with Crippen molar-refractivity contribution < 1.29 is 13.3 Å². The Kier molecular flexibility index (Phi) is 5.60. The number of hydrogen-bond donors (Lipinski definition) is 0. The number of nitrogens with zero attached hydrogens (tertiary/aromatic N) is 1. The lowest BCUT2D eigenvalue weighted by Crippen LogP contribution is -2.05. The van der Waals surface area contributed by atoms with Gasteiger partial charge < -0.3 is 0 Å². The van der Waals surface area contributed by atoms with Gasteiger partial charge in [0.2, 0.25) is 9.84 Å². The van der Waals surface area contributed by atoms with Crippen molar-refractivity contribution >= 4 is 15.5 Å². The van der Waals surface area contributed by atoms with Crippen molar-refractivity contribution in [2.45, 2.75) is 30.6 Å². The van der Waals surface area contributed by atoms with Gasteiger partial charge in [0.15, 0.2) is 0 Å². The smallest absolute Gasteiger partial charge is 0.258 e. The molecule has 0 radical (unpaired) electrons. The molecule has 0 heterocycles. The van der Waals surface area contributed by atoms with Gasteiger partial charge in [0.25, 0.3) is 5.69 Å². The van der Waals surface area contributed by atoms with Crippen molar-refractivity contribution in [3.05, 3.63) is 64.2 Å². The third-order valence-electron chi connectivity index (χ3n) is 2.65. The van der Waals surface area contributed by atoms with E-state index in [-0.39, 0.29) is 9.79 Å². The van der Waals surface area contributed by atoms with E-state index in [1.54, 1.807) is 31.2 Å². The lowest BCUT2D eigenvalue weighted by atomic mass is 10.2. The topological polar surface area (TPSA) is 77.3 Å². The number of rotatable bonds is 3. The fourth-order valence-corrected chi connectivity index (χ4v) is 3.15. The average molecular weight is 307 g/mol. The monoisotopic (exact) mass is 307 g/mol. The fourth-order valence-electron chi connectivity index (χ4n) is 1.72. The van der Waals surface area contributed by atoms with E-state index in [0.717, 1.165) is 0 Å². The highest BCUT2D eigenvalue weighted by Crippen LogP contribution is 2.29. The minimum atomic E-state index is -3.87. The second-order valence-electron chi connectivity index (χ2n) is 4.04. The number of sulfone groups is 1. The van der Waals surface area contributed by atoms with E-state index in [1.165, 1.54) is 24.3 Å². The lowest BCUT2D eigenvalue weighted by molar-refractivity contribution is -0.387. The molecule has 0 aliphatic rings. The molecule has 6 heteroatoms. The predicted octanol–water partition coefficient (Wildman–Crippen LogP) is 3.76. The Morgan fingerprint density at radius 3 is 2.10 bits per heavy atom. The summed E-state index contributed by atoms with van der Waals surface area (Å²) in [7, 11) is -3.87. The minimum absolute atomic E-state index is 0.0435. The molecule has 0 atom stereocenters. The van der Waals surface area contributed by atoms with Gasteiger partial charge in [-0.15, -0.1) is 0 Å². The van der Waals surface area contributed by atoms with E-state index in [1.807, 2.05) is 13.8 Å². The van der Waals surface area contributed by atoms with Gasteiger partial charge in [-0.3, -0.25) is 10.1 Å². The van der Waals surface area contributed by atoms with E-state index in [2.05, 4.69) is 0 Å². The Morgan fingerprint density at radius 1 is 1.00 bits per heavy atom. The van der Waals surface area contributed by atoms with Crippen molar-refractivity contribution in [1.29, 1.82) is 0 Å². The molecule has 0 spiro atoms. The summed E-state index contributed by atoms with van der Waals surface area (Å²) in [5.41, 5.74) is 0.238. The number of aryl methyl sites for hydroxylation is 1. The molecule has 112 valence electrons. The summed E-state index contributed by atoms with van der Waals surface area (Å²) in [5.74, 6) is 0. The molecule has 5 nitrogen and oxygen atoms in total. The second kappa shape index (κ2) is 6.99. The van der Waals surface area contributed by atoms with Crippen LogP contribution in [0.4, 0.5) is 5.69 Å². The van der Waals surface area contributed by atoms with Gasteiger partial charge in [0.05, 0.1) is 9.82 Å². The number of benzene rings is 2. The van der Waals surface area contributed by atoms with Crippen LogP contribution in [0, 0.1) is 17.0 Å². The third kappa shape index (κ3) is 3.66. The van der Waals surface area contributed by atoms with E-state index >= 15 is 0 Å². The normalized spacial score (nSPS) is 10.4. The van der Waals surface area contributed by atoms with Crippen molar-refractivity contribution in [2.24, 2.45) is 0 Å². The van der Waals surface area contributed by atoms with Crippen LogP contribution in [-0.2, 0) is 9.84 Å². The molecule has 0 aliphatic heterocycles. The fraction of sp³-hybridized carbons (Fsp3) is 0.200. The first kappa shape index (κ1) is 16.8. The molecule has 0 saturated heterocycles. The molecule has 0 amide bonds. The Bertz CT molecular complexity index is 725. The van der Waals surface area contributed by atoms with Crippen LogP contribution in [0.2, 0.25) is 0 Å². The number of nitro benzene ring substituents is 1. The highest BCUT2D eigenvalue weighted by atomic mass is 32.2. The Hall–Kier alpha value is -2.21. The van der Waals surface area contributed by atoms with Crippen molar-refractivity contribution in [3.63, 3.8) is 0 Å². The van der Waals surface area contributed by atoms with E-state index in [0.29, 0.717) is 5.56 Å². The molecule has 0 unspecified atom stereocenters. The van der Waals surface area contributed by atoms with Gasteiger partial charge in [-0.05, 0) is 30.7 Å². The maximum atomic E-state index is 12.4. The van der Waals surface area contributed by atoms with Crippen LogP contribution >= 0.6 is 0 Å². The molecule has 2 aromatic carbocycles. The molecular weight excluding hydrogens is 290 g/mol. The summed E-state index contributed by atoms with van der Waals surface area (Å²) in [6.07, 6.45) is 0. The third-order valence-corrected chi connectivity index (χ3v) is 4.47. The van der Waals surface area contributed by atoms with E-state index in [4.69, 9.17) is 0 Å². The molecule has 0 N–H and O–H groups in total. The predicted molar refractivity (Wildman–Crippen MR) is 81.1 cm³/mol. The number of hydrogen-bond acceptors (Lipinski definition) is 4. The summed E-state index contributed by atoms with van der Waals surface area (Å²) in [4.78, 5) is 10.1. The zero-order valence-corrected chi connectivity index (χ0v) is 12.9. The Morgan fingerprint density at radius 2 is 1.57 bits per heavy atom. The second-order valence-corrected chi connectivity index (χ2v) is 5.96. The number of nitro groups is 1. The largest absolute Gasteiger partial charge is 0.288 e. The SMILES string of the molecule is CC.Cc1ccc(S(=O)(=O)c2ccccc2)c([N+](=O)[O-])c1. The summed E-state index contributed by atoms with van der Waals surface area (Å²) in [6.45, 7) is 5.67. The van der Waals surface area contributed by atoms with Crippen molar-refractivity contribution in [1.82, 2.24) is 0 Å². The van der Waals surface area contributed by atoms with Gasteiger partial charge in [0, 0.05) is 6.07 Å². The standard InChI is InChI=1S/C13H11NO4S.C2H6/c1-10-7-8-13(12(9-10)14(15)16)19(17,18)11-5-3-2-4-6-11;1-2/h2-9H,1H3;1-2H3. The summed E-state index contributed by atoms with van der Waals surface area (Å²) in [5, 5.41) is 11.0. The van der Waals surface area contributed by atoms with Crippen LogP contribution < -0.4 is 0 Å². The first-order chi connectivity index (χ1) is 9.93. The molecule has 2 rings (SSSR count). The van der Waals surface area contributed by atoms with Crippen LogP contribution in [0.15, 0.2) is 58.3 Å². The van der Waals surface area contributed by atoms with Crippen LogP contribution in [0.5, 0.6) is 0 Å². The molecule has 2 aromatic rings. The minimum Gasteiger partial charge on any atom is -0.258 e. The maximum Gasteiger partial charge on any atom is 0.288 e. The average Bonchev–Trinajstić information content (AvgIpc) is 2.49. The van der Waals surface area contributed by atoms with Crippen molar-refractivity contribution in [3.8, 4) is 0 Å². The zero-order valence-electron chi connectivity index (χ0n) is 12.1. The summed E-state index contributed by atoms with van der Waals surface area (Å²) in [6, 6.07) is 11.7. The Labute approximate surface area is 124 Å². The molecular formula is C15H17NO4S. The molecule has 0 aliphatic carbocycles. The maximum absolute atomic E-state index is 12.4. The van der Waals surface area contributed by atoms with Gasteiger partial charge in [-0.25, -0.2) is 8.42 Å². The van der Waals surface area contributed by atoms with E-state index in [9.17, 15) is 18.5 Å². The highest BCUT2D eigenvalue weighted by Gasteiger charge is 2.27. The molecule has 0 fully saturated rings. The molecule has 0 aromatic heterocycles. The molecule has 0 saturated carbocycles. The van der Waals surface area contributed by atoms with Gasteiger partial charge in [0.1, 0.15) is 4.90 Å². The van der Waals surface area contributed by atoms with Gasteiger partial charge in [-0.1, -0.05) is 38.1 Å². The van der Waals surface area contributed by atoms with Crippen LogP contribution in [0.25, 0.3) is 0 Å². The van der Waals surface area contributed by atoms with Crippen molar-refractivity contribution in [2.75, 3.05) is 0 Å². The highest BCUT2D eigenvalue weighted by molar-refractivity contribution is 7.91. The molecule has 21 heavy (non-hydrogen) atoms. The van der Waals surface area contributed by atoms with Gasteiger partial charge in [-0.2, -0.15) is 0 Å². The van der Waals surface area contributed by atoms with E-state index < -0.39 is 20.4 Å². The summed E-state index contributed by atoms with van der Waals surface area (Å²) < 4.78 is 24.7.